The molecule has 1 aliphatic carbocycles. The molecule has 0 aliphatic heterocycles. The first-order valence-corrected chi connectivity index (χ1v) is 11.9. The third-order valence-corrected chi connectivity index (χ3v) is 6.48. The largest absolute Gasteiger partial charge is 0.463 e. The fraction of sp³-hybridized carbons (Fsp3) is 0.379. The van der Waals surface area contributed by atoms with Gasteiger partial charge < -0.3 is 9.47 Å². The Balaban J connectivity index is 1.42. The zero-order valence-electron chi connectivity index (χ0n) is 19.3. The normalized spacial score (nSPS) is 17.7. The molecule has 3 rings (SSSR count). The molecule has 1 aliphatic rings. The molecule has 4 nitrogen and oxygen atoms in total. The summed E-state index contributed by atoms with van der Waals surface area (Å²) in [7, 11) is 0. The van der Waals surface area contributed by atoms with Gasteiger partial charge in [-0.1, -0.05) is 68.1 Å². The van der Waals surface area contributed by atoms with E-state index in [1.165, 1.54) is 55.4 Å². The average Bonchev–Trinajstić information content (AvgIpc) is 2.87. The number of rotatable bonds is 11. The van der Waals surface area contributed by atoms with Crippen molar-refractivity contribution in [1.82, 2.24) is 0 Å². The number of hydrogen-bond donors (Lipinski definition) is 0. The molecule has 2 aromatic rings. The molecule has 174 valence electrons. The lowest BCUT2D eigenvalue weighted by Gasteiger charge is -2.29. The molecule has 0 unspecified atom stereocenters. The van der Waals surface area contributed by atoms with E-state index in [4.69, 9.17) is 9.47 Å². The SMILES string of the molecule is C=CC(=O)OCCCCC1CCC(c2ccc(-c3ccc(COC(=O)C=C)cc3)cc2)CC1. The van der Waals surface area contributed by atoms with Crippen LogP contribution in [0.1, 0.15) is 62.0 Å². The highest BCUT2D eigenvalue weighted by molar-refractivity contribution is 5.81. The summed E-state index contributed by atoms with van der Waals surface area (Å²) in [5, 5.41) is 0. The van der Waals surface area contributed by atoms with Crippen LogP contribution in [0.25, 0.3) is 11.1 Å². The van der Waals surface area contributed by atoms with Crippen molar-refractivity contribution in [3.8, 4) is 11.1 Å². The summed E-state index contributed by atoms with van der Waals surface area (Å²) in [6.45, 7) is 7.57. The molecule has 0 N–H and O–H groups in total. The number of carbonyl (C=O) groups is 2. The summed E-state index contributed by atoms with van der Waals surface area (Å²) in [6, 6.07) is 17.1. The van der Waals surface area contributed by atoms with Crippen molar-refractivity contribution in [2.24, 2.45) is 5.92 Å². The predicted octanol–water partition coefficient (Wildman–Crippen LogP) is 6.76. The van der Waals surface area contributed by atoms with Gasteiger partial charge in [-0.2, -0.15) is 0 Å². The third kappa shape index (κ3) is 7.74. The fourth-order valence-electron chi connectivity index (χ4n) is 4.51. The van der Waals surface area contributed by atoms with Crippen molar-refractivity contribution in [3.63, 3.8) is 0 Å². The Morgan fingerprint density at radius 1 is 0.788 bits per heavy atom. The van der Waals surface area contributed by atoms with E-state index >= 15 is 0 Å². The van der Waals surface area contributed by atoms with Gasteiger partial charge in [0, 0.05) is 12.2 Å². The Kier molecular flexibility index (Phi) is 9.49. The molecule has 33 heavy (non-hydrogen) atoms. The van der Waals surface area contributed by atoms with Crippen molar-refractivity contribution in [1.29, 1.82) is 0 Å². The van der Waals surface area contributed by atoms with E-state index in [0.717, 1.165) is 29.9 Å². The zero-order valence-corrected chi connectivity index (χ0v) is 19.3. The summed E-state index contributed by atoms with van der Waals surface area (Å²) >= 11 is 0. The molecule has 4 heteroatoms. The van der Waals surface area contributed by atoms with Crippen LogP contribution in [0.2, 0.25) is 0 Å². The second-order valence-electron chi connectivity index (χ2n) is 8.72. The van der Waals surface area contributed by atoms with Crippen LogP contribution in [-0.4, -0.2) is 18.5 Å². The Morgan fingerprint density at radius 2 is 1.36 bits per heavy atom. The van der Waals surface area contributed by atoms with E-state index < -0.39 is 5.97 Å². The van der Waals surface area contributed by atoms with Gasteiger partial charge >= 0.3 is 11.9 Å². The van der Waals surface area contributed by atoms with Crippen LogP contribution >= 0.6 is 0 Å². The van der Waals surface area contributed by atoms with E-state index in [1.54, 1.807) is 0 Å². The number of unbranched alkanes of at least 4 members (excludes halogenated alkanes) is 1. The lowest BCUT2D eigenvalue weighted by atomic mass is 9.77. The van der Waals surface area contributed by atoms with Gasteiger partial charge in [-0.15, -0.1) is 0 Å². The minimum atomic E-state index is -0.407. The first-order chi connectivity index (χ1) is 16.1. The second kappa shape index (κ2) is 12.8. The van der Waals surface area contributed by atoms with Crippen molar-refractivity contribution in [2.75, 3.05) is 6.61 Å². The van der Waals surface area contributed by atoms with Crippen LogP contribution < -0.4 is 0 Å². The second-order valence-corrected chi connectivity index (χ2v) is 8.72. The first kappa shape index (κ1) is 24.5. The summed E-state index contributed by atoms with van der Waals surface area (Å²) in [4.78, 5) is 22.3. The topological polar surface area (TPSA) is 52.6 Å². The Labute approximate surface area is 197 Å². The van der Waals surface area contributed by atoms with Crippen LogP contribution in [0, 0.1) is 5.92 Å². The Morgan fingerprint density at radius 3 is 1.97 bits per heavy atom. The number of hydrogen-bond acceptors (Lipinski definition) is 4. The number of carbonyl (C=O) groups excluding carboxylic acids is 2. The fourth-order valence-corrected chi connectivity index (χ4v) is 4.51. The molecule has 0 aromatic heterocycles. The molecule has 0 amide bonds. The van der Waals surface area contributed by atoms with Gasteiger partial charge in [0.15, 0.2) is 0 Å². The maximum absolute atomic E-state index is 11.2. The van der Waals surface area contributed by atoms with Gasteiger partial charge in [0.05, 0.1) is 6.61 Å². The lowest BCUT2D eigenvalue weighted by Crippen LogP contribution is -2.13. The molecule has 2 aromatic carbocycles. The van der Waals surface area contributed by atoms with Crippen LogP contribution in [0.15, 0.2) is 73.8 Å². The highest BCUT2D eigenvalue weighted by atomic mass is 16.5. The van der Waals surface area contributed by atoms with Crippen molar-refractivity contribution in [3.05, 3.63) is 85.0 Å². The molecular weight excluding hydrogens is 412 g/mol. The van der Waals surface area contributed by atoms with Gasteiger partial charge in [-0.3, -0.25) is 0 Å². The van der Waals surface area contributed by atoms with E-state index in [1.807, 2.05) is 12.1 Å². The molecule has 1 saturated carbocycles. The van der Waals surface area contributed by atoms with Crippen molar-refractivity contribution in [2.45, 2.75) is 57.5 Å². The van der Waals surface area contributed by atoms with E-state index in [-0.39, 0.29) is 12.6 Å². The Bertz CT molecular complexity index is 919. The standard InChI is InChI=1S/C29H34O4/c1-3-28(30)32-20-6-5-7-22-8-12-24(13-9-22)26-16-18-27(19-17-26)25-14-10-23(11-15-25)21-33-29(31)4-2/h3-4,10-11,14-19,22,24H,1-2,5-9,12-13,20-21H2. The van der Waals surface area contributed by atoms with Gasteiger partial charge in [0.2, 0.25) is 0 Å². The van der Waals surface area contributed by atoms with Crippen LogP contribution in [-0.2, 0) is 25.7 Å². The minimum Gasteiger partial charge on any atom is -0.463 e. The van der Waals surface area contributed by atoms with Crippen LogP contribution in [0.3, 0.4) is 0 Å². The predicted molar refractivity (Wildman–Crippen MR) is 132 cm³/mol. The molecule has 0 heterocycles. The summed E-state index contributed by atoms with van der Waals surface area (Å²) in [6.07, 6.45) is 10.7. The Hall–Kier alpha value is -3.14. The van der Waals surface area contributed by atoms with Crippen molar-refractivity contribution >= 4 is 11.9 Å². The number of benzene rings is 2. The molecule has 0 saturated heterocycles. The average molecular weight is 447 g/mol. The minimum absolute atomic E-state index is 0.259. The molecule has 0 radical (unpaired) electrons. The van der Waals surface area contributed by atoms with Gasteiger partial charge in [0.1, 0.15) is 6.61 Å². The molecule has 0 bridgehead atoms. The van der Waals surface area contributed by atoms with Crippen LogP contribution in [0.5, 0.6) is 0 Å². The lowest BCUT2D eigenvalue weighted by molar-refractivity contribution is -0.139. The third-order valence-electron chi connectivity index (χ3n) is 6.48. The molecule has 1 fully saturated rings. The number of esters is 2. The van der Waals surface area contributed by atoms with E-state index in [2.05, 4.69) is 49.6 Å². The molecule has 0 atom stereocenters. The monoisotopic (exact) mass is 446 g/mol. The van der Waals surface area contributed by atoms with Crippen LogP contribution in [0.4, 0.5) is 0 Å². The van der Waals surface area contributed by atoms with Gasteiger partial charge in [-0.25, -0.2) is 9.59 Å². The van der Waals surface area contributed by atoms with Gasteiger partial charge in [-0.05, 0) is 72.6 Å². The first-order valence-electron chi connectivity index (χ1n) is 11.9. The summed E-state index contributed by atoms with van der Waals surface area (Å²) in [5.41, 5.74) is 4.74. The maximum atomic E-state index is 11.2. The number of ether oxygens (including phenoxy) is 2. The molecular formula is C29H34O4. The van der Waals surface area contributed by atoms with E-state index in [9.17, 15) is 9.59 Å². The van der Waals surface area contributed by atoms with E-state index in [0.29, 0.717) is 12.5 Å². The quantitative estimate of drug-likeness (QED) is 0.217. The smallest absolute Gasteiger partial charge is 0.330 e. The molecule has 0 spiro atoms. The summed E-state index contributed by atoms with van der Waals surface area (Å²) < 4.78 is 10.1. The van der Waals surface area contributed by atoms with Gasteiger partial charge in [0.25, 0.3) is 0 Å². The summed E-state index contributed by atoms with van der Waals surface area (Å²) in [5.74, 6) is 0.700. The zero-order chi connectivity index (χ0) is 23.5. The highest BCUT2D eigenvalue weighted by Crippen LogP contribution is 2.38. The highest BCUT2D eigenvalue weighted by Gasteiger charge is 2.22. The maximum Gasteiger partial charge on any atom is 0.330 e. The van der Waals surface area contributed by atoms with Crippen molar-refractivity contribution < 1.29 is 19.1 Å².